The lowest BCUT2D eigenvalue weighted by Crippen LogP contribution is -2.49. The molecule has 1 aliphatic heterocycles. The maximum Gasteiger partial charge on any atom is 0.415 e. The van der Waals surface area contributed by atoms with Crippen LogP contribution in [0, 0.1) is 6.92 Å². The molecule has 0 spiro atoms. The molecule has 7 heteroatoms. The molecule has 1 N–H and O–H groups in total. The Kier molecular flexibility index (Phi) is 6.39. The molecule has 0 aliphatic carbocycles. The molecule has 0 atom stereocenters. The predicted octanol–water partition coefficient (Wildman–Crippen LogP) is 3.06. The fraction of sp³-hybridized carbons (Fsp3) is 0.348. The van der Waals surface area contributed by atoms with Crippen molar-refractivity contribution in [1.29, 1.82) is 0 Å². The second-order valence-corrected chi connectivity index (χ2v) is 7.61. The van der Waals surface area contributed by atoms with Gasteiger partial charge < -0.3 is 14.6 Å². The van der Waals surface area contributed by atoms with Crippen LogP contribution >= 0.6 is 0 Å². The highest BCUT2D eigenvalue weighted by molar-refractivity contribution is 5.70. The van der Waals surface area contributed by atoms with E-state index in [9.17, 15) is 4.79 Å². The van der Waals surface area contributed by atoms with Crippen molar-refractivity contribution < 1.29 is 9.53 Å². The summed E-state index contributed by atoms with van der Waals surface area (Å²) in [6, 6.07) is 13.7. The van der Waals surface area contributed by atoms with Crippen LogP contribution in [0.5, 0.6) is 5.75 Å². The van der Waals surface area contributed by atoms with Crippen LogP contribution in [0.15, 0.2) is 55.0 Å². The van der Waals surface area contributed by atoms with E-state index in [0.717, 1.165) is 55.1 Å². The fourth-order valence-corrected chi connectivity index (χ4v) is 3.60. The standard InChI is InChI=1S/C23H27N5O2/c1-18-3-2-4-20(26-18)15-19-5-7-22(8-6-19)30-23(29)28-13-11-27(12-14-28)10-9-21-16-24-17-25-21/h2-8,16-17H,9-15H2,1H3,(H,24,25). The van der Waals surface area contributed by atoms with Gasteiger partial charge in [0, 0.05) is 68.8 Å². The second-order valence-electron chi connectivity index (χ2n) is 7.61. The van der Waals surface area contributed by atoms with Gasteiger partial charge in [-0.25, -0.2) is 9.78 Å². The first-order chi connectivity index (χ1) is 14.7. The minimum Gasteiger partial charge on any atom is -0.410 e. The number of imidazole rings is 1. The fourth-order valence-electron chi connectivity index (χ4n) is 3.60. The molecule has 3 aromatic rings. The maximum absolute atomic E-state index is 12.5. The van der Waals surface area contributed by atoms with Crippen molar-refractivity contribution in [2.75, 3.05) is 32.7 Å². The number of nitrogens with one attached hydrogen (secondary N) is 1. The highest BCUT2D eigenvalue weighted by Crippen LogP contribution is 2.16. The summed E-state index contributed by atoms with van der Waals surface area (Å²) in [5, 5.41) is 0. The molecular formula is C23H27N5O2. The quantitative estimate of drug-likeness (QED) is 0.682. The molecule has 30 heavy (non-hydrogen) atoms. The Morgan fingerprint density at radius 2 is 1.90 bits per heavy atom. The van der Waals surface area contributed by atoms with Gasteiger partial charge in [0.1, 0.15) is 5.75 Å². The number of pyridine rings is 1. The van der Waals surface area contributed by atoms with Crippen molar-refractivity contribution in [3.05, 3.63) is 77.6 Å². The molecule has 7 nitrogen and oxygen atoms in total. The Morgan fingerprint density at radius 3 is 2.60 bits per heavy atom. The number of amides is 1. The molecule has 1 fully saturated rings. The van der Waals surface area contributed by atoms with Crippen LogP contribution in [0.3, 0.4) is 0 Å². The molecule has 0 unspecified atom stereocenters. The molecule has 0 bridgehead atoms. The number of hydrogen-bond acceptors (Lipinski definition) is 5. The molecule has 2 aromatic heterocycles. The number of ether oxygens (including phenoxy) is 1. The largest absolute Gasteiger partial charge is 0.415 e. The first-order valence-corrected chi connectivity index (χ1v) is 10.3. The normalized spacial score (nSPS) is 14.6. The van der Waals surface area contributed by atoms with Gasteiger partial charge in [-0.2, -0.15) is 0 Å². The minimum atomic E-state index is -0.281. The van der Waals surface area contributed by atoms with E-state index in [1.165, 1.54) is 0 Å². The lowest BCUT2D eigenvalue weighted by atomic mass is 10.1. The number of aromatic nitrogens is 3. The first-order valence-electron chi connectivity index (χ1n) is 10.3. The number of piperazine rings is 1. The monoisotopic (exact) mass is 405 g/mol. The van der Waals surface area contributed by atoms with Gasteiger partial charge in [0.05, 0.1) is 6.33 Å². The van der Waals surface area contributed by atoms with Crippen LogP contribution in [-0.4, -0.2) is 63.6 Å². The van der Waals surface area contributed by atoms with Crippen molar-refractivity contribution in [2.45, 2.75) is 19.8 Å². The molecule has 156 valence electrons. The number of benzene rings is 1. The molecule has 1 saturated heterocycles. The maximum atomic E-state index is 12.5. The Morgan fingerprint density at radius 1 is 1.10 bits per heavy atom. The van der Waals surface area contributed by atoms with E-state index >= 15 is 0 Å². The van der Waals surface area contributed by atoms with Crippen molar-refractivity contribution in [3.8, 4) is 5.75 Å². The molecule has 0 radical (unpaired) electrons. The number of aromatic amines is 1. The number of rotatable bonds is 6. The zero-order valence-corrected chi connectivity index (χ0v) is 17.3. The molecule has 1 aliphatic rings. The van der Waals surface area contributed by atoms with E-state index in [-0.39, 0.29) is 6.09 Å². The van der Waals surface area contributed by atoms with Gasteiger partial charge in [0.2, 0.25) is 0 Å². The van der Waals surface area contributed by atoms with E-state index in [4.69, 9.17) is 4.74 Å². The topological polar surface area (TPSA) is 74.3 Å². The average Bonchev–Trinajstić information content (AvgIpc) is 3.28. The lowest BCUT2D eigenvalue weighted by Gasteiger charge is -2.33. The summed E-state index contributed by atoms with van der Waals surface area (Å²) in [5.74, 6) is 0.572. The summed E-state index contributed by atoms with van der Waals surface area (Å²) in [4.78, 5) is 28.3. The molecule has 0 saturated carbocycles. The molecule has 4 rings (SSSR count). The van der Waals surface area contributed by atoms with Gasteiger partial charge in [-0.1, -0.05) is 18.2 Å². The molecule has 1 aromatic carbocycles. The van der Waals surface area contributed by atoms with Crippen LogP contribution in [0.1, 0.15) is 22.6 Å². The Hall–Kier alpha value is -3.19. The summed E-state index contributed by atoms with van der Waals surface area (Å²) in [6.07, 6.45) is 4.98. The average molecular weight is 406 g/mol. The van der Waals surface area contributed by atoms with Crippen molar-refractivity contribution in [1.82, 2.24) is 24.8 Å². The third-order valence-corrected chi connectivity index (χ3v) is 5.34. The second kappa shape index (κ2) is 9.54. The van der Waals surface area contributed by atoms with Gasteiger partial charge in [-0.05, 0) is 36.8 Å². The van der Waals surface area contributed by atoms with E-state index in [0.29, 0.717) is 18.8 Å². The number of aryl methyl sites for hydroxylation is 1. The zero-order chi connectivity index (χ0) is 20.8. The van der Waals surface area contributed by atoms with E-state index < -0.39 is 0 Å². The smallest absolute Gasteiger partial charge is 0.410 e. The van der Waals surface area contributed by atoms with Crippen molar-refractivity contribution in [2.24, 2.45) is 0 Å². The van der Waals surface area contributed by atoms with Gasteiger partial charge >= 0.3 is 6.09 Å². The van der Waals surface area contributed by atoms with E-state index in [2.05, 4.69) is 19.9 Å². The summed E-state index contributed by atoms with van der Waals surface area (Å²) < 4.78 is 5.57. The zero-order valence-electron chi connectivity index (χ0n) is 17.3. The number of carbonyl (C=O) groups excluding carboxylic acids is 1. The van der Waals surface area contributed by atoms with Crippen LogP contribution in [0.25, 0.3) is 0 Å². The molecule has 1 amide bonds. The van der Waals surface area contributed by atoms with Gasteiger partial charge in [0.25, 0.3) is 0 Å². The molecule has 3 heterocycles. The van der Waals surface area contributed by atoms with Gasteiger partial charge in [-0.15, -0.1) is 0 Å². The lowest BCUT2D eigenvalue weighted by molar-refractivity contribution is 0.111. The Bertz CT molecular complexity index is 948. The highest BCUT2D eigenvalue weighted by Gasteiger charge is 2.22. The number of nitrogens with zero attached hydrogens (tertiary/aromatic N) is 4. The summed E-state index contributed by atoms with van der Waals surface area (Å²) in [5.41, 5.74) is 4.32. The van der Waals surface area contributed by atoms with Gasteiger partial charge in [-0.3, -0.25) is 9.88 Å². The van der Waals surface area contributed by atoms with Crippen LogP contribution in [0.4, 0.5) is 4.79 Å². The van der Waals surface area contributed by atoms with Crippen LogP contribution in [-0.2, 0) is 12.8 Å². The Labute approximate surface area is 176 Å². The van der Waals surface area contributed by atoms with E-state index in [1.54, 1.807) is 11.2 Å². The SMILES string of the molecule is Cc1cccc(Cc2ccc(OC(=O)N3CCN(CCc4cnc[nH]4)CC3)cc2)n1. The van der Waals surface area contributed by atoms with Gasteiger partial charge in [0.15, 0.2) is 0 Å². The van der Waals surface area contributed by atoms with Crippen molar-refractivity contribution >= 4 is 6.09 Å². The molecular weight excluding hydrogens is 378 g/mol. The van der Waals surface area contributed by atoms with Crippen LogP contribution in [0.2, 0.25) is 0 Å². The minimum absolute atomic E-state index is 0.281. The number of carbonyl (C=O) groups is 1. The number of H-pyrrole nitrogens is 1. The van der Waals surface area contributed by atoms with E-state index in [1.807, 2.05) is 55.6 Å². The first kappa shape index (κ1) is 20.1. The Balaban J connectivity index is 1.23. The summed E-state index contributed by atoms with van der Waals surface area (Å²) >= 11 is 0. The number of hydrogen-bond donors (Lipinski definition) is 1. The third kappa shape index (κ3) is 5.45. The third-order valence-electron chi connectivity index (χ3n) is 5.34. The van der Waals surface area contributed by atoms with Crippen LogP contribution < -0.4 is 4.74 Å². The highest BCUT2D eigenvalue weighted by atomic mass is 16.6. The summed E-state index contributed by atoms with van der Waals surface area (Å²) in [7, 11) is 0. The summed E-state index contributed by atoms with van der Waals surface area (Å²) in [6.45, 7) is 6.02. The van der Waals surface area contributed by atoms with Crippen molar-refractivity contribution in [3.63, 3.8) is 0 Å². The predicted molar refractivity (Wildman–Crippen MR) is 115 cm³/mol.